The molecule has 0 aliphatic carbocycles. The number of hydrogen-bond donors (Lipinski definition) is 1. The Bertz CT molecular complexity index is 813. The van der Waals surface area contributed by atoms with Crippen LogP contribution in [0, 0.1) is 6.92 Å². The van der Waals surface area contributed by atoms with Crippen molar-refractivity contribution in [3.8, 4) is 0 Å². The Morgan fingerprint density at radius 3 is 2.61 bits per heavy atom. The fraction of sp³-hybridized carbons (Fsp3) is 0.333. The van der Waals surface area contributed by atoms with Gasteiger partial charge in [-0.1, -0.05) is 6.07 Å². The van der Waals surface area contributed by atoms with Crippen LogP contribution < -0.4 is 5.32 Å². The van der Waals surface area contributed by atoms with Crippen LogP contribution in [0.1, 0.15) is 29.9 Å². The van der Waals surface area contributed by atoms with Crippen molar-refractivity contribution in [2.24, 2.45) is 0 Å². The van der Waals surface area contributed by atoms with Crippen molar-refractivity contribution in [2.75, 3.05) is 12.4 Å². The average Bonchev–Trinajstić information content (AvgIpc) is 2.91. The van der Waals surface area contributed by atoms with E-state index in [1.807, 2.05) is 12.3 Å². The number of nitrogens with one attached hydrogen (secondary N) is 1. The number of aromatic nitrogens is 1. The molecular weight excluding hydrogens is 334 g/mol. The second-order valence-electron chi connectivity index (χ2n) is 5.39. The summed E-state index contributed by atoms with van der Waals surface area (Å²) < 4.78 is 26.3. The van der Waals surface area contributed by atoms with Gasteiger partial charge in [-0.3, -0.25) is 10.1 Å². The van der Waals surface area contributed by atoms with Gasteiger partial charge in [0, 0.05) is 24.0 Å². The van der Waals surface area contributed by atoms with Gasteiger partial charge in [0.25, 0.3) is 5.91 Å². The van der Waals surface area contributed by atoms with Gasteiger partial charge >= 0.3 is 0 Å². The van der Waals surface area contributed by atoms with Gasteiger partial charge in [-0.25, -0.2) is 13.4 Å². The molecule has 0 aliphatic rings. The van der Waals surface area contributed by atoms with E-state index in [1.54, 1.807) is 26.0 Å². The number of carbonyl (C=O) groups excluding carboxylic acids is 1. The number of sulfonamides is 1. The van der Waals surface area contributed by atoms with Crippen LogP contribution in [-0.4, -0.2) is 36.7 Å². The first-order chi connectivity index (χ1) is 10.7. The lowest BCUT2D eigenvalue weighted by molar-refractivity contribution is 0.102. The summed E-state index contributed by atoms with van der Waals surface area (Å²) in [6.45, 7) is 5.42. The highest BCUT2D eigenvalue weighted by Gasteiger charge is 2.24. The molecule has 0 saturated carbocycles. The van der Waals surface area contributed by atoms with Gasteiger partial charge in [0.05, 0.1) is 10.6 Å². The Balaban J connectivity index is 2.27. The Labute approximate surface area is 140 Å². The van der Waals surface area contributed by atoms with Crippen LogP contribution in [0.5, 0.6) is 0 Å². The highest BCUT2D eigenvalue weighted by molar-refractivity contribution is 7.89. The number of benzene rings is 1. The number of aryl methyl sites for hydroxylation is 1. The van der Waals surface area contributed by atoms with E-state index >= 15 is 0 Å². The average molecular weight is 353 g/mol. The summed E-state index contributed by atoms with van der Waals surface area (Å²) in [5.41, 5.74) is 1.09. The van der Waals surface area contributed by atoms with E-state index in [4.69, 9.17) is 0 Å². The van der Waals surface area contributed by atoms with Gasteiger partial charge in [0.15, 0.2) is 5.13 Å². The standard InChI is InChI=1S/C15H19N3O3S2/c1-10(2)18(4)23(20,21)13-7-5-6-12(8-13)14(19)17-15-16-11(3)9-22-15/h5-10H,1-4H3,(H,16,17,19). The van der Waals surface area contributed by atoms with E-state index < -0.39 is 10.0 Å². The van der Waals surface area contributed by atoms with Crippen molar-refractivity contribution in [1.82, 2.24) is 9.29 Å². The topological polar surface area (TPSA) is 79.4 Å². The molecule has 2 rings (SSSR count). The largest absolute Gasteiger partial charge is 0.298 e. The maximum absolute atomic E-state index is 12.5. The van der Waals surface area contributed by atoms with Crippen LogP contribution in [0.3, 0.4) is 0 Å². The number of nitrogens with zero attached hydrogens (tertiary/aromatic N) is 2. The SMILES string of the molecule is Cc1csc(NC(=O)c2cccc(S(=O)(=O)N(C)C(C)C)c2)n1. The molecule has 0 radical (unpaired) electrons. The monoisotopic (exact) mass is 353 g/mol. The molecule has 0 saturated heterocycles. The zero-order chi connectivity index (χ0) is 17.2. The normalized spacial score (nSPS) is 11.9. The lowest BCUT2D eigenvalue weighted by Gasteiger charge is -2.21. The molecule has 0 fully saturated rings. The maximum atomic E-state index is 12.5. The summed E-state index contributed by atoms with van der Waals surface area (Å²) in [6.07, 6.45) is 0. The highest BCUT2D eigenvalue weighted by atomic mass is 32.2. The first kappa shape index (κ1) is 17.6. The minimum atomic E-state index is -3.62. The Morgan fingerprint density at radius 1 is 1.35 bits per heavy atom. The zero-order valence-electron chi connectivity index (χ0n) is 13.4. The lowest BCUT2D eigenvalue weighted by atomic mass is 10.2. The minimum absolute atomic E-state index is 0.0941. The van der Waals surface area contributed by atoms with Crippen molar-refractivity contribution in [1.29, 1.82) is 0 Å². The van der Waals surface area contributed by atoms with E-state index in [0.717, 1.165) is 5.69 Å². The number of rotatable bonds is 5. The van der Waals surface area contributed by atoms with E-state index in [9.17, 15) is 13.2 Å². The molecule has 23 heavy (non-hydrogen) atoms. The van der Waals surface area contributed by atoms with E-state index in [1.165, 1.54) is 34.8 Å². The molecule has 0 bridgehead atoms. The van der Waals surface area contributed by atoms with Gasteiger partial charge in [0.1, 0.15) is 0 Å². The molecule has 1 N–H and O–H groups in total. The summed E-state index contributed by atoms with van der Waals surface area (Å²) in [5, 5.41) is 4.98. The third-order valence-corrected chi connectivity index (χ3v) is 6.25. The molecule has 2 aromatic rings. The molecule has 1 heterocycles. The summed E-state index contributed by atoms with van der Waals surface area (Å²) in [6, 6.07) is 5.83. The van der Waals surface area contributed by atoms with Crippen LogP contribution in [0.25, 0.3) is 0 Å². The second kappa shape index (κ2) is 6.77. The maximum Gasteiger partial charge on any atom is 0.257 e. The third kappa shape index (κ3) is 3.95. The first-order valence-electron chi connectivity index (χ1n) is 7.03. The predicted octanol–water partition coefficient (Wildman–Crippen LogP) is 2.73. The van der Waals surface area contributed by atoms with Crippen LogP contribution in [-0.2, 0) is 10.0 Å². The van der Waals surface area contributed by atoms with E-state index in [2.05, 4.69) is 10.3 Å². The number of hydrogen-bond acceptors (Lipinski definition) is 5. The fourth-order valence-corrected chi connectivity index (χ4v) is 3.92. The summed E-state index contributed by atoms with van der Waals surface area (Å²) in [5.74, 6) is -0.386. The summed E-state index contributed by atoms with van der Waals surface area (Å²) >= 11 is 1.32. The molecule has 1 aromatic heterocycles. The van der Waals surface area contributed by atoms with Gasteiger partial charge in [-0.15, -0.1) is 11.3 Å². The number of carbonyl (C=O) groups is 1. The Morgan fingerprint density at radius 2 is 2.04 bits per heavy atom. The third-order valence-electron chi connectivity index (χ3n) is 3.34. The second-order valence-corrected chi connectivity index (χ2v) is 8.25. The number of amides is 1. The quantitative estimate of drug-likeness (QED) is 0.896. The van der Waals surface area contributed by atoms with Crippen molar-refractivity contribution >= 4 is 32.4 Å². The molecule has 6 nitrogen and oxygen atoms in total. The molecule has 0 atom stereocenters. The van der Waals surface area contributed by atoms with Crippen molar-refractivity contribution in [3.05, 3.63) is 40.9 Å². The molecule has 1 amide bonds. The van der Waals surface area contributed by atoms with Crippen molar-refractivity contribution in [2.45, 2.75) is 31.7 Å². The molecule has 0 aliphatic heterocycles. The van der Waals surface area contributed by atoms with E-state index in [0.29, 0.717) is 5.13 Å². The van der Waals surface area contributed by atoms with E-state index in [-0.39, 0.29) is 22.4 Å². The van der Waals surface area contributed by atoms with Gasteiger partial charge < -0.3 is 0 Å². The summed E-state index contributed by atoms with van der Waals surface area (Å²) in [4.78, 5) is 16.5. The van der Waals surface area contributed by atoms with Crippen LogP contribution in [0.2, 0.25) is 0 Å². The smallest absolute Gasteiger partial charge is 0.257 e. The molecule has 124 valence electrons. The Kier molecular flexibility index (Phi) is 5.18. The molecule has 1 aromatic carbocycles. The molecular formula is C15H19N3O3S2. The minimum Gasteiger partial charge on any atom is -0.298 e. The van der Waals surface area contributed by atoms with Crippen molar-refractivity contribution in [3.63, 3.8) is 0 Å². The zero-order valence-corrected chi connectivity index (χ0v) is 15.0. The van der Waals surface area contributed by atoms with Crippen LogP contribution >= 0.6 is 11.3 Å². The lowest BCUT2D eigenvalue weighted by Crippen LogP contribution is -2.33. The molecule has 0 unspecified atom stereocenters. The first-order valence-corrected chi connectivity index (χ1v) is 9.35. The van der Waals surface area contributed by atoms with Gasteiger partial charge in [-0.05, 0) is 39.0 Å². The molecule has 8 heteroatoms. The van der Waals surface area contributed by atoms with Crippen LogP contribution in [0.15, 0.2) is 34.5 Å². The van der Waals surface area contributed by atoms with Gasteiger partial charge in [0.2, 0.25) is 10.0 Å². The number of thiazole rings is 1. The summed E-state index contributed by atoms with van der Waals surface area (Å²) in [7, 11) is -2.10. The van der Waals surface area contributed by atoms with Gasteiger partial charge in [-0.2, -0.15) is 4.31 Å². The molecule has 0 spiro atoms. The highest BCUT2D eigenvalue weighted by Crippen LogP contribution is 2.20. The Hall–Kier alpha value is -1.77. The van der Waals surface area contributed by atoms with Crippen molar-refractivity contribution < 1.29 is 13.2 Å². The fourth-order valence-electron chi connectivity index (χ4n) is 1.82. The predicted molar refractivity (Wildman–Crippen MR) is 91.3 cm³/mol. The van der Waals surface area contributed by atoms with Crippen LogP contribution in [0.4, 0.5) is 5.13 Å². The number of anilines is 1.